The minimum Gasteiger partial charge on any atom is -0.238 e. The van der Waals surface area contributed by atoms with E-state index in [-0.39, 0.29) is 22.0 Å². The third-order valence-electron chi connectivity index (χ3n) is 5.19. The van der Waals surface area contributed by atoms with Crippen LogP contribution in [-0.2, 0) is 16.0 Å². The summed E-state index contributed by atoms with van der Waals surface area (Å²) in [6, 6.07) is 11.1. The van der Waals surface area contributed by atoms with Gasteiger partial charge in [-0.1, -0.05) is 30.3 Å². The number of aliphatic imine (C=N–C) groups is 1. The molecule has 1 aliphatic rings. The summed E-state index contributed by atoms with van der Waals surface area (Å²) in [6.45, 7) is 2.95. The van der Waals surface area contributed by atoms with E-state index in [4.69, 9.17) is 0 Å². The molecule has 0 radical (unpaired) electrons. The monoisotopic (exact) mass is 451 g/mol. The first kappa shape index (κ1) is 21.2. The van der Waals surface area contributed by atoms with Gasteiger partial charge >= 0.3 is 6.18 Å². The molecular formula is C21H17F4N3O2S. The lowest BCUT2D eigenvalue weighted by molar-refractivity contribution is -0.141. The number of benzene rings is 2. The van der Waals surface area contributed by atoms with Gasteiger partial charge in [-0.25, -0.2) is 22.5 Å². The molecule has 2 unspecified atom stereocenters. The second-order valence-corrected chi connectivity index (χ2v) is 9.38. The van der Waals surface area contributed by atoms with E-state index in [1.165, 1.54) is 38.1 Å². The lowest BCUT2D eigenvalue weighted by atomic mass is 9.98. The van der Waals surface area contributed by atoms with Crippen molar-refractivity contribution < 1.29 is 26.0 Å². The predicted octanol–water partition coefficient (Wildman–Crippen LogP) is 4.89. The van der Waals surface area contributed by atoms with Gasteiger partial charge in [0.2, 0.25) is 0 Å². The van der Waals surface area contributed by atoms with E-state index in [0.29, 0.717) is 5.56 Å². The summed E-state index contributed by atoms with van der Waals surface area (Å²) in [6.07, 6.45) is -4.73. The first-order chi connectivity index (χ1) is 14.5. The molecule has 3 aromatic rings. The summed E-state index contributed by atoms with van der Waals surface area (Å²) in [5.41, 5.74) is -0.508. The van der Waals surface area contributed by atoms with Crippen molar-refractivity contribution in [2.24, 2.45) is 4.99 Å². The molecule has 0 N–H and O–H groups in total. The maximum Gasteiger partial charge on any atom is 0.435 e. The molecule has 1 aliphatic heterocycles. The minimum absolute atomic E-state index is 0.00466. The Labute approximate surface area is 176 Å². The van der Waals surface area contributed by atoms with Crippen LogP contribution in [0.25, 0.3) is 0 Å². The Hall–Kier alpha value is -3.01. The van der Waals surface area contributed by atoms with Crippen LogP contribution in [-0.4, -0.2) is 29.2 Å². The summed E-state index contributed by atoms with van der Waals surface area (Å²) in [4.78, 5) is 4.14. The fraction of sp³-hybridized carbons (Fsp3) is 0.238. The van der Waals surface area contributed by atoms with Gasteiger partial charge in [0, 0.05) is 11.8 Å². The SMILES string of the molecule is CC1=Nc2cc(C(F)(F)F)nn2C(c2ccc(F)c(C)c2)C1S(=O)(=O)c1ccccc1. The largest absolute Gasteiger partial charge is 0.435 e. The number of alkyl halides is 3. The number of hydrogen-bond donors (Lipinski definition) is 0. The molecule has 0 aliphatic carbocycles. The van der Waals surface area contributed by atoms with E-state index in [1.807, 2.05) is 0 Å². The van der Waals surface area contributed by atoms with Crippen molar-refractivity contribution in [3.63, 3.8) is 0 Å². The fourth-order valence-corrected chi connectivity index (χ4v) is 5.67. The molecule has 2 aromatic carbocycles. The highest BCUT2D eigenvalue weighted by molar-refractivity contribution is 7.92. The van der Waals surface area contributed by atoms with Crippen molar-refractivity contribution in [3.8, 4) is 0 Å². The second-order valence-electron chi connectivity index (χ2n) is 7.32. The van der Waals surface area contributed by atoms with Gasteiger partial charge in [-0.2, -0.15) is 18.3 Å². The van der Waals surface area contributed by atoms with E-state index in [0.717, 1.165) is 16.8 Å². The van der Waals surface area contributed by atoms with Crippen LogP contribution in [0.5, 0.6) is 0 Å². The Bertz CT molecular complexity index is 1280. The van der Waals surface area contributed by atoms with Gasteiger partial charge < -0.3 is 0 Å². The normalized spacial score (nSPS) is 19.1. The average molecular weight is 451 g/mol. The lowest BCUT2D eigenvalue weighted by Gasteiger charge is -2.32. The Morgan fingerprint density at radius 2 is 1.68 bits per heavy atom. The highest BCUT2D eigenvalue weighted by Gasteiger charge is 2.45. The Morgan fingerprint density at radius 1 is 1.00 bits per heavy atom. The van der Waals surface area contributed by atoms with E-state index >= 15 is 0 Å². The molecule has 0 bridgehead atoms. The van der Waals surface area contributed by atoms with Crippen molar-refractivity contribution in [1.82, 2.24) is 9.78 Å². The van der Waals surface area contributed by atoms with Gasteiger partial charge in [0.1, 0.15) is 17.1 Å². The average Bonchev–Trinajstić information content (AvgIpc) is 3.14. The quantitative estimate of drug-likeness (QED) is 0.533. The number of fused-ring (bicyclic) bond motifs is 1. The van der Waals surface area contributed by atoms with E-state index in [2.05, 4.69) is 10.1 Å². The van der Waals surface area contributed by atoms with Crippen LogP contribution in [0, 0.1) is 12.7 Å². The molecule has 0 saturated heterocycles. The van der Waals surface area contributed by atoms with Gasteiger partial charge in [-0.05, 0) is 43.2 Å². The number of aromatic nitrogens is 2. The third kappa shape index (κ3) is 3.65. The van der Waals surface area contributed by atoms with Crippen molar-refractivity contribution in [2.75, 3.05) is 0 Å². The Morgan fingerprint density at radius 3 is 2.29 bits per heavy atom. The van der Waals surface area contributed by atoms with Crippen LogP contribution in [0.15, 0.2) is 64.5 Å². The van der Waals surface area contributed by atoms with Gasteiger partial charge in [-0.3, -0.25) is 0 Å². The highest BCUT2D eigenvalue weighted by Crippen LogP contribution is 2.41. The lowest BCUT2D eigenvalue weighted by Crippen LogP contribution is -2.41. The van der Waals surface area contributed by atoms with Gasteiger partial charge in [0.15, 0.2) is 21.3 Å². The minimum atomic E-state index is -4.73. The first-order valence-electron chi connectivity index (χ1n) is 9.27. The molecule has 0 spiro atoms. The summed E-state index contributed by atoms with van der Waals surface area (Å²) in [5.74, 6) is -0.625. The van der Waals surface area contributed by atoms with Crippen LogP contribution in [0.1, 0.15) is 29.8 Å². The molecule has 1 aromatic heterocycles. The molecule has 162 valence electrons. The van der Waals surface area contributed by atoms with Crippen molar-refractivity contribution in [3.05, 3.63) is 77.2 Å². The van der Waals surface area contributed by atoms with Gasteiger partial charge in [0.05, 0.1) is 4.90 Å². The molecule has 0 fully saturated rings. The smallest absolute Gasteiger partial charge is 0.238 e. The maximum absolute atomic E-state index is 13.9. The highest BCUT2D eigenvalue weighted by atomic mass is 32.2. The first-order valence-corrected chi connectivity index (χ1v) is 10.8. The zero-order valence-corrected chi connectivity index (χ0v) is 17.2. The molecule has 10 heteroatoms. The van der Waals surface area contributed by atoms with Gasteiger partial charge in [0.25, 0.3) is 0 Å². The second kappa shape index (κ2) is 7.30. The van der Waals surface area contributed by atoms with E-state index < -0.39 is 38.8 Å². The zero-order chi connectivity index (χ0) is 22.6. The molecule has 0 saturated carbocycles. The van der Waals surface area contributed by atoms with Crippen molar-refractivity contribution >= 4 is 21.4 Å². The van der Waals surface area contributed by atoms with Crippen LogP contribution < -0.4 is 0 Å². The third-order valence-corrected chi connectivity index (χ3v) is 7.39. The summed E-state index contributed by atoms with van der Waals surface area (Å²) in [5, 5.41) is 2.32. The van der Waals surface area contributed by atoms with Crippen molar-refractivity contribution in [2.45, 2.75) is 36.2 Å². The number of halogens is 4. The fourth-order valence-electron chi connectivity index (χ4n) is 3.73. The summed E-state index contributed by atoms with van der Waals surface area (Å²) < 4.78 is 81.9. The number of rotatable bonds is 3. The molecule has 2 heterocycles. The van der Waals surface area contributed by atoms with Crippen LogP contribution in [0.2, 0.25) is 0 Å². The Kier molecular flexibility index (Phi) is 5.00. The van der Waals surface area contributed by atoms with E-state index in [9.17, 15) is 26.0 Å². The topological polar surface area (TPSA) is 64.3 Å². The molecule has 0 amide bonds. The standard InChI is InChI=1S/C21H17F4N3O2S/c1-12-10-14(8-9-16(12)22)19-20(31(29,30)15-6-4-3-5-7-15)13(2)26-18-11-17(21(23,24)25)27-28(18)19/h3-11,19-20H,1-2H3. The van der Waals surface area contributed by atoms with Crippen LogP contribution in [0.3, 0.4) is 0 Å². The summed E-state index contributed by atoms with van der Waals surface area (Å²) in [7, 11) is -4.07. The van der Waals surface area contributed by atoms with E-state index in [1.54, 1.807) is 18.2 Å². The maximum atomic E-state index is 13.9. The number of nitrogens with zero attached hydrogens (tertiary/aromatic N) is 3. The number of aryl methyl sites for hydroxylation is 1. The summed E-state index contributed by atoms with van der Waals surface area (Å²) >= 11 is 0. The van der Waals surface area contributed by atoms with Crippen LogP contribution in [0.4, 0.5) is 23.4 Å². The number of hydrogen-bond acceptors (Lipinski definition) is 4. The van der Waals surface area contributed by atoms with Crippen molar-refractivity contribution in [1.29, 1.82) is 0 Å². The number of sulfone groups is 1. The van der Waals surface area contributed by atoms with Crippen LogP contribution >= 0.6 is 0 Å². The van der Waals surface area contributed by atoms with Gasteiger partial charge in [-0.15, -0.1) is 0 Å². The zero-order valence-electron chi connectivity index (χ0n) is 16.4. The molecule has 4 rings (SSSR count). The molecular weight excluding hydrogens is 434 g/mol. The molecule has 31 heavy (non-hydrogen) atoms. The molecule has 2 atom stereocenters. The molecule has 5 nitrogen and oxygen atoms in total. The predicted molar refractivity (Wildman–Crippen MR) is 107 cm³/mol. The Balaban J connectivity index is 1.97.